The predicted octanol–water partition coefficient (Wildman–Crippen LogP) is 2.39. The summed E-state index contributed by atoms with van der Waals surface area (Å²) in [4.78, 5) is 17.0. The molecule has 0 bridgehead atoms. The number of amides is 1. The van der Waals surface area contributed by atoms with Gasteiger partial charge in [-0.25, -0.2) is 0 Å². The Morgan fingerprint density at radius 1 is 1.00 bits per heavy atom. The van der Waals surface area contributed by atoms with E-state index in [0.717, 1.165) is 25.1 Å². The average Bonchev–Trinajstić information content (AvgIpc) is 2.98. The largest absolute Gasteiger partial charge is 0.337 e. The van der Waals surface area contributed by atoms with Crippen LogP contribution in [0.4, 0.5) is 0 Å². The van der Waals surface area contributed by atoms with E-state index in [1.807, 2.05) is 35.2 Å². The lowest BCUT2D eigenvalue weighted by Gasteiger charge is -2.32. The first-order chi connectivity index (χ1) is 9.34. The number of carbonyl (C=O) groups excluding carboxylic acids is 1. The monoisotopic (exact) mass is 258 g/mol. The minimum Gasteiger partial charge on any atom is -0.337 e. The fraction of sp³-hybridized carbons (Fsp3) is 0.562. The van der Waals surface area contributed by atoms with Gasteiger partial charge in [0.1, 0.15) is 0 Å². The zero-order chi connectivity index (χ0) is 13.1. The molecule has 1 atom stereocenters. The fourth-order valence-electron chi connectivity index (χ4n) is 3.27. The van der Waals surface area contributed by atoms with E-state index >= 15 is 0 Å². The molecule has 2 saturated heterocycles. The summed E-state index contributed by atoms with van der Waals surface area (Å²) < 4.78 is 0. The molecule has 0 N–H and O–H groups in total. The van der Waals surface area contributed by atoms with Gasteiger partial charge in [-0.05, 0) is 44.5 Å². The molecule has 0 spiro atoms. The van der Waals surface area contributed by atoms with Gasteiger partial charge in [0.05, 0.1) is 0 Å². The van der Waals surface area contributed by atoms with Crippen LogP contribution in [-0.2, 0) is 0 Å². The van der Waals surface area contributed by atoms with E-state index in [9.17, 15) is 4.79 Å². The quantitative estimate of drug-likeness (QED) is 0.813. The van der Waals surface area contributed by atoms with Crippen molar-refractivity contribution >= 4 is 5.91 Å². The summed E-state index contributed by atoms with van der Waals surface area (Å²) in [7, 11) is 0. The van der Waals surface area contributed by atoms with E-state index in [0.29, 0.717) is 6.04 Å². The highest BCUT2D eigenvalue weighted by atomic mass is 16.2. The van der Waals surface area contributed by atoms with Crippen LogP contribution >= 0.6 is 0 Å². The minimum atomic E-state index is 0.195. The Bertz CT molecular complexity index is 426. The van der Waals surface area contributed by atoms with Crippen molar-refractivity contribution in [1.29, 1.82) is 0 Å². The van der Waals surface area contributed by atoms with E-state index in [1.54, 1.807) is 0 Å². The second kappa shape index (κ2) is 5.74. The van der Waals surface area contributed by atoms with Crippen LogP contribution in [0.25, 0.3) is 0 Å². The van der Waals surface area contributed by atoms with Crippen LogP contribution in [0.3, 0.4) is 0 Å². The summed E-state index contributed by atoms with van der Waals surface area (Å²) in [5, 5.41) is 0. The number of benzene rings is 1. The predicted molar refractivity (Wildman–Crippen MR) is 76.2 cm³/mol. The maximum atomic E-state index is 12.4. The Morgan fingerprint density at radius 2 is 1.74 bits per heavy atom. The molecular formula is C16H22N2O. The van der Waals surface area contributed by atoms with E-state index in [2.05, 4.69) is 4.90 Å². The Kier molecular flexibility index (Phi) is 3.83. The van der Waals surface area contributed by atoms with E-state index in [1.165, 1.54) is 32.4 Å². The van der Waals surface area contributed by atoms with Gasteiger partial charge in [-0.3, -0.25) is 9.69 Å². The molecule has 0 aliphatic carbocycles. The van der Waals surface area contributed by atoms with Crippen molar-refractivity contribution in [2.75, 3.05) is 26.2 Å². The summed E-state index contributed by atoms with van der Waals surface area (Å²) in [6, 6.07) is 10.2. The molecule has 1 amide bonds. The Balaban J connectivity index is 1.61. The van der Waals surface area contributed by atoms with Crippen molar-refractivity contribution in [1.82, 2.24) is 9.80 Å². The van der Waals surface area contributed by atoms with Gasteiger partial charge in [0.25, 0.3) is 5.91 Å². The first-order valence-electron chi connectivity index (χ1n) is 7.43. The lowest BCUT2D eigenvalue weighted by Crippen LogP contribution is -2.41. The third-order valence-corrected chi connectivity index (χ3v) is 4.38. The molecule has 2 fully saturated rings. The normalized spacial score (nSPS) is 24.6. The summed E-state index contributed by atoms with van der Waals surface area (Å²) in [5.74, 6) is 0.195. The molecule has 3 rings (SSSR count). The van der Waals surface area contributed by atoms with Crippen LogP contribution in [0.5, 0.6) is 0 Å². The lowest BCUT2D eigenvalue weighted by molar-refractivity contribution is 0.0771. The molecule has 19 heavy (non-hydrogen) atoms. The number of hydrogen-bond acceptors (Lipinski definition) is 2. The molecule has 3 nitrogen and oxygen atoms in total. The Labute approximate surface area is 115 Å². The van der Waals surface area contributed by atoms with E-state index in [4.69, 9.17) is 0 Å². The third kappa shape index (κ3) is 2.81. The molecule has 0 aromatic heterocycles. The molecule has 3 heteroatoms. The minimum absolute atomic E-state index is 0.195. The summed E-state index contributed by atoms with van der Waals surface area (Å²) >= 11 is 0. The highest BCUT2D eigenvalue weighted by molar-refractivity contribution is 5.94. The van der Waals surface area contributed by atoms with Crippen LogP contribution in [0.1, 0.15) is 36.0 Å². The summed E-state index contributed by atoms with van der Waals surface area (Å²) in [6.45, 7) is 4.26. The van der Waals surface area contributed by atoms with Crippen molar-refractivity contribution in [2.45, 2.75) is 31.7 Å². The number of likely N-dealkylation sites (tertiary alicyclic amines) is 2. The van der Waals surface area contributed by atoms with Crippen molar-refractivity contribution in [3.05, 3.63) is 35.9 Å². The van der Waals surface area contributed by atoms with Gasteiger partial charge in [-0.2, -0.15) is 0 Å². The van der Waals surface area contributed by atoms with Gasteiger partial charge >= 0.3 is 0 Å². The molecule has 102 valence electrons. The van der Waals surface area contributed by atoms with Gasteiger partial charge in [-0.15, -0.1) is 0 Å². The average molecular weight is 258 g/mol. The van der Waals surface area contributed by atoms with Crippen LogP contribution in [0.2, 0.25) is 0 Å². The van der Waals surface area contributed by atoms with Crippen molar-refractivity contribution in [3.8, 4) is 0 Å². The van der Waals surface area contributed by atoms with E-state index in [-0.39, 0.29) is 5.91 Å². The maximum Gasteiger partial charge on any atom is 0.253 e. The fourth-order valence-corrected chi connectivity index (χ4v) is 3.27. The number of nitrogens with zero attached hydrogens (tertiary/aromatic N) is 2. The van der Waals surface area contributed by atoms with Crippen LogP contribution in [0.15, 0.2) is 30.3 Å². The molecule has 2 aliphatic rings. The first-order valence-corrected chi connectivity index (χ1v) is 7.43. The number of piperidine rings is 1. The number of rotatable bonds is 2. The molecule has 2 heterocycles. The highest BCUT2D eigenvalue weighted by Gasteiger charge is 2.31. The zero-order valence-electron chi connectivity index (χ0n) is 11.4. The van der Waals surface area contributed by atoms with Crippen molar-refractivity contribution in [3.63, 3.8) is 0 Å². The molecule has 1 unspecified atom stereocenters. The van der Waals surface area contributed by atoms with Gasteiger partial charge in [0.2, 0.25) is 0 Å². The smallest absolute Gasteiger partial charge is 0.253 e. The van der Waals surface area contributed by atoms with Crippen molar-refractivity contribution < 1.29 is 4.79 Å². The van der Waals surface area contributed by atoms with Gasteiger partial charge in [0.15, 0.2) is 0 Å². The first kappa shape index (κ1) is 12.7. The summed E-state index contributed by atoms with van der Waals surface area (Å²) in [5.41, 5.74) is 0.821. The summed E-state index contributed by atoms with van der Waals surface area (Å²) in [6.07, 6.45) is 5.15. The second-order valence-electron chi connectivity index (χ2n) is 5.66. The van der Waals surface area contributed by atoms with Crippen LogP contribution in [-0.4, -0.2) is 47.9 Å². The molecule has 1 aromatic rings. The number of hydrogen-bond donors (Lipinski definition) is 0. The zero-order valence-corrected chi connectivity index (χ0v) is 11.4. The van der Waals surface area contributed by atoms with Crippen LogP contribution < -0.4 is 0 Å². The highest BCUT2D eigenvalue weighted by Crippen LogP contribution is 2.21. The molecule has 2 aliphatic heterocycles. The Morgan fingerprint density at radius 3 is 2.47 bits per heavy atom. The molecule has 0 radical (unpaired) electrons. The Hall–Kier alpha value is -1.35. The second-order valence-corrected chi connectivity index (χ2v) is 5.66. The van der Waals surface area contributed by atoms with E-state index < -0.39 is 0 Å². The van der Waals surface area contributed by atoms with Gasteiger partial charge in [-0.1, -0.05) is 24.6 Å². The van der Waals surface area contributed by atoms with Gasteiger partial charge < -0.3 is 4.90 Å². The molecule has 1 aromatic carbocycles. The SMILES string of the molecule is O=C(c1ccccc1)N1CCC(N2CCCCC2)C1. The number of carbonyl (C=O) groups is 1. The molecule has 0 saturated carbocycles. The topological polar surface area (TPSA) is 23.6 Å². The standard InChI is InChI=1S/C16H22N2O/c19-16(14-7-3-1-4-8-14)18-12-9-15(13-18)17-10-5-2-6-11-17/h1,3-4,7-8,15H,2,5-6,9-13H2. The van der Waals surface area contributed by atoms with Gasteiger partial charge in [0, 0.05) is 24.7 Å². The molecular weight excluding hydrogens is 236 g/mol. The maximum absolute atomic E-state index is 12.4. The third-order valence-electron chi connectivity index (χ3n) is 4.38. The lowest BCUT2D eigenvalue weighted by atomic mass is 10.1. The van der Waals surface area contributed by atoms with Crippen molar-refractivity contribution in [2.24, 2.45) is 0 Å². The van der Waals surface area contributed by atoms with Crippen LogP contribution in [0, 0.1) is 0 Å².